The Kier molecular flexibility index (Phi) is 3.11. The van der Waals surface area contributed by atoms with Crippen molar-refractivity contribution < 1.29 is 9.85 Å². The van der Waals surface area contributed by atoms with Crippen molar-refractivity contribution in [3.8, 4) is 11.1 Å². The number of para-hydroxylation sites is 1. The lowest BCUT2D eigenvalue weighted by molar-refractivity contribution is -0.386. The number of anilines is 1. The molecule has 2 aromatic rings. The maximum Gasteiger partial charge on any atom is 0.279 e. The van der Waals surface area contributed by atoms with Crippen molar-refractivity contribution in [2.24, 2.45) is 0 Å². The number of nitrogens with two attached hydrogens (primary N) is 1. The highest BCUT2D eigenvalue weighted by atomic mass is 16.6. The summed E-state index contributed by atoms with van der Waals surface area (Å²) in [6.45, 7) is 0. The minimum absolute atomic E-state index is 0.173. The second-order valence-corrected chi connectivity index (χ2v) is 3.81. The van der Waals surface area contributed by atoms with Gasteiger partial charge in [-0.2, -0.15) is 0 Å². The molecule has 0 unspecified atom stereocenters. The van der Waals surface area contributed by atoms with Crippen LogP contribution in [0.4, 0.5) is 17.1 Å². The van der Waals surface area contributed by atoms with Crippen LogP contribution in [-0.2, 0) is 0 Å². The van der Waals surface area contributed by atoms with Crippen LogP contribution in [0.3, 0.4) is 0 Å². The van der Waals surface area contributed by atoms with Gasteiger partial charge in [0.25, 0.3) is 11.4 Å². The Morgan fingerprint density at radius 3 is 2.05 bits per heavy atom. The Morgan fingerprint density at radius 1 is 0.842 bits per heavy atom. The summed E-state index contributed by atoms with van der Waals surface area (Å²) in [5.41, 5.74) is 5.66. The zero-order chi connectivity index (χ0) is 14.0. The fraction of sp³-hybridized carbons (Fsp3) is 0. The van der Waals surface area contributed by atoms with Gasteiger partial charge in [-0.3, -0.25) is 20.2 Å². The summed E-state index contributed by atoms with van der Waals surface area (Å²) in [5, 5.41) is 22.0. The average molecular weight is 259 g/mol. The molecule has 0 atom stereocenters. The summed E-state index contributed by atoms with van der Waals surface area (Å²) in [6, 6.07) is 9.93. The fourth-order valence-electron chi connectivity index (χ4n) is 1.79. The molecule has 0 spiro atoms. The minimum atomic E-state index is -0.609. The van der Waals surface area contributed by atoms with Gasteiger partial charge in [0.2, 0.25) is 0 Å². The smallest absolute Gasteiger partial charge is 0.279 e. The van der Waals surface area contributed by atoms with Crippen LogP contribution in [0.5, 0.6) is 0 Å². The van der Waals surface area contributed by atoms with Crippen LogP contribution in [0, 0.1) is 20.2 Å². The molecule has 0 saturated carbocycles. The van der Waals surface area contributed by atoms with E-state index in [1.165, 1.54) is 36.4 Å². The van der Waals surface area contributed by atoms with Gasteiger partial charge in [-0.25, -0.2) is 0 Å². The Labute approximate surface area is 107 Å². The summed E-state index contributed by atoms with van der Waals surface area (Å²) < 4.78 is 0. The van der Waals surface area contributed by atoms with Gasteiger partial charge >= 0.3 is 0 Å². The summed E-state index contributed by atoms with van der Waals surface area (Å²) in [5.74, 6) is 0. The average Bonchev–Trinajstić information content (AvgIpc) is 2.38. The van der Waals surface area contributed by atoms with E-state index in [2.05, 4.69) is 0 Å². The van der Waals surface area contributed by atoms with Crippen molar-refractivity contribution in [2.75, 3.05) is 5.73 Å². The van der Waals surface area contributed by atoms with Crippen molar-refractivity contribution in [3.63, 3.8) is 0 Å². The van der Waals surface area contributed by atoms with Crippen molar-refractivity contribution >= 4 is 17.1 Å². The summed E-state index contributed by atoms with van der Waals surface area (Å²) in [4.78, 5) is 20.8. The molecular weight excluding hydrogens is 250 g/mol. The van der Waals surface area contributed by atoms with Crippen LogP contribution in [0.25, 0.3) is 11.1 Å². The van der Waals surface area contributed by atoms with Crippen LogP contribution < -0.4 is 5.73 Å². The molecule has 0 bridgehead atoms. The molecule has 0 heterocycles. The number of benzene rings is 2. The quantitative estimate of drug-likeness (QED) is 0.517. The predicted octanol–water partition coefficient (Wildman–Crippen LogP) is 2.75. The third kappa shape index (κ3) is 2.34. The van der Waals surface area contributed by atoms with Crippen LogP contribution in [0.15, 0.2) is 42.5 Å². The van der Waals surface area contributed by atoms with Gasteiger partial charge in [-0.1, -0.05) is 12.1 Å². The second kappa shape index (κ2) is 4.73. The molecule has 7 nitrogen and oxygen atoms in total. The monoisotopic (exact) mass is 259 g/mol. The normalized spacial score (nSPS) is 10.1. The first-order chi connectivity index (χ1) is 9.00. The highest BCUT2D eigenvalue weighted by Crippen LogP contribution is 2.36. The molecule has 96 valence electrons. The standard InChI is InChI=1S/C12H9N3O4/c13-8-5-6-10(12(7-8)15(18)19)9-3-1-2-4-11(9)14(16)17/h1-7H,13H2. The van der Waals surface area contributed by atoms with E-state index in [0.717, 1.165) is 0 Å². The van der Waals surface area contributed by atoms with E-state index in [0.29, 0.717) is 0 Å². The van der Waals surface area contributed by atoms with E-state index in [1.54, 1.807) is 6.07 Å². The highest BCUT2D eigenvalue weighted by Gasteiger charge is 2.22. The first-order valence-electron chi connectivity index (χ1n) is 5.28. The van der Waals surface area contributed by atoms with Crippen molar-refractivity contribution in [1.82, 2.24) is 0 Å². The van der Waals surface area contributed by atoms with Gasteiger partial charge in [-0.05, 0) is 18.2 Å². The Hall–Kier alpha value is -2.96. The van der Waals surface area contributed by atoms with E-state index in [4.69, 9.17) is 5.73 Å². The lowest BCUT2D eigenvalue weighted by Gasteiger charge is -2.05. The molecule has 7 heteroatoms. The van der Waals surface area contributed by atoms with E-state index in [-0.39, 0.29) is 28.2 Å². The Balaban J connectivity index is 2.72. The molecule has 0 amide bonds. The van der Waals surface area contributed by atoms with Gasteiger partial charge in [-0.15, -0.1) is 0 Å². The molecular formula is C12H9N3O4. The third-order valence-corrected chi connectivity index (χ3v) is 2.61. The van der Waals surface area contributed by atoms with E-state index in [1.807, 2.05) is 0 Å². The second-order valence-electron chi connectivity index (χ2n) is 3.81. The number of nitrogen functional groups attached to an aromatic ring is 1. The molecule has 2 aromatic carbocycles. The lowest BCUT2D eigenvalue weighted by atomic mass is 10.0. The molecule has 0 aliphatic rings. The van der Waals surface area contributed by atoms with Crippen molar-refractivity contribution in [2.45, 2.75) is 0 Å². The Bertz CT molecular complexity index is 670. The van der Waals surface area contributed by atoms with Crippen LogP contribution in [0.2, 0.25) is 0 Å². The fourth-order valence-corrected chi connectivity index (χ4v) is 1.79. The Morgan fingerprint density at radius 2 is 1.42 bits per heavy atom. The van der Waals surface area contributed by atoms with Gasteiger partial charge in [0.1, 0.15) is 0 Å². The zero-order valence-electron chi connectivity index (χ0n) is 9.65. The molecule has 0 fully saturated rings. The van der Waals surface area contributed by atoms with E-state index >= 15 is 0 Å². The number of nitrogens with zero attached hydrogens (tertiary/aromatic N) is 2. The van der Waals surface area contributed by atoms with E-state index in [9.17, 15) is 20.2 Å². The van der Waals surface area contributed by atoms with Crippen LogP contribution >= 0.6 is 0 Å². The van der Waals surface area contributed by atoms with Crippen molar-refractivity contribution in [1.29, 1.82) is 0 Å². The van der Waals surface area contributed by atoms with Gasteiger partial charge in [0.05, 0.1) is 21.0 Å². The minimum Gasteiger partial charge on any atom is -0.399 e. The molecule has 19 heavy (non-hydrogen) atoms. The predicted molar refractivity (Wildman–Crippen MR) is 69.6 cm³/mol. The molecule has 2 N–H and O–H groups in total. The van der Waals surface area contributed by atoms with Gasteiger partial charge < -0.3 is 5.73 Å². The largest absolute Gasteiger partial charge is 0.399 e. The maximum absolute atomic E-state index is 11.0. The highest BCUT2D eigenvalue weighted by molar-refractivity contribution is 5.81. The summed E-state index contributed by atoms with van der Waals surface area (Å²) >= 11 is 0. The maximum atomic E-state index is 11.0. The molecule has 0 saturated heterocycles. The number of nitro benzene ring substituents is 2. The summed E-state index contributed by atoms with van der Waals surface area (Å²) in [6.07, 6.45) is 0. The zero-order valence-corrected chi connectivity index (χ0v) is 9.65. The SMILES string of the molecule is Nc1ccc(-c2ccccc2[N+](=O)[O-])c([N+](=O)[O-])c1. The van der Waals surface area contributed by atoms with E-state index < -0.39 is 9.85 Å². The molecule has 0 radical (unpaired) electrons. The first kappa shape index (κ1) is 12.5. The molecule has 0 aliphatic heterocycles. The number of hydrogen-bond acceptors (Lipinski definition) is 5. The number of rotatable bonds is 3. The van der Waals surface area contributed by atoms with Crippen LogP contribution in [0.1, 0.15) is 0 Å². The van der Waals surface area contributed by atoms with Crippen molar-refractivity contribution in [3.05, 3.63) is 62.7 Å². The van der Waals surface area contributed by atoms with Gasteiger partial charge in [0.15, 0.2) is 0 Å². The first-order valence-corrected chi connectivity index (χ1v) is 5.28. The number of hydrogen-bond donors (Lipinski definition) is 1. The molecule has 0 aliphatic carbocycles. The topological polar surface area (TPSA) is 112 Å². The third-order valence-electron chi connectivity index (χ3n) is 2.61. The molecule has 2 rings (SSSR count). The lowest BCUT2D eigenvalue weighted by Crippen LogP contribution is -1.97. The van der Waals surface area contributed by atoms with Crippen LogP contribution in [-0.4, -0.2) is 9.85 Å². The van der Waals surface area contributed by atoms with Gasteiger partial charge in [0, 0.05) is 17.8 Å². The summed E-state index contributed by atoms with van der Waals surface area (Å²) in [7, 11) is 0. The number of nitro groups is 2. The molecule has 0 aromatic heterocycles.